The molecule has 0 bridgehead atoms. The Hall–Kier alpha value is -3.34. The lowest BCUT2D eigenvalue weighted by Gasteiger charge is -2.09. The minimum atomic E-state index is -4.43. The zero-order chi connectivity index (χ0) is 22.7. The maximum atomic E-state index is 13.0. The predicted molar refractivity (Wildman–Crippen MR) is 114 cm³/mol. The van der Waals surface area contributed by atoms with E-state index in [-0.39, 0.29) is 5.25 Å². The minimum absolute atomic E-state index is 0.370. The Labute approximate surface area is 181 Å². The van der Waals surface area contributed by atoms with E-state index in [9.17, 15) is 21.6 Å². The SMILES string of the molecule is Cn1cc(-c2nn(-c3ccc(C(F)(F)F)cc3)c3ccc(NS(=O)(=O)C4CC4)cc23)cn1. The Morgan fingerprint density at radius 3 is 2.41 bits per heavy atom. The number of sulfonamides is 1. The maximum Gasteiger partial charge on any atom is 0.416 e. The van der Waals surface area contributed by atoms with E-state index in [1.165, 1.54) is 16.8 Å². The van der Waals surface area contributed by atoms with E-state index < -0.39 is 21.8 Å². The number of benzene rings is 2. The lowest BCUT2D eigenvalue weighted by atomic mass is 10.1. The number of fused-ring (bicyclic) bond motifs is 1. The van der Waals surface area contributed by atoms with Gasteiger partial charge in [-0.1, -0.05) is 0 Å². The van der Waals surface area contributed by atoms with Gasteiger partial charge in [-0.3, -0.25) is 9.40 Å². The highest BCUT2D eigenvalue weighted by Gasteiger charge is 2.36. The number of rotatable bonds is 5. The summed E-state index contributed by atoms with van der Waals surface area (Å²) in [7, 11) is -1.69. The molecular formula is C21H18F3N5O2S. The van der Waals surface area contributed by atoms with Gasteiger partial charge in [0.2, 0.25) is 10.0 Å². The monoisotopic (exact) mass is 461 g/mol. The number of nitrogens with zero attached hydrogens (tertiary/aromatic N) is 4. The van der Waals surface area contributed by atoms with Crippen LogP contribution in [0.25, 0.3) is 27.8 Å². The molecule has 0 amide bonds. The van der Waals surface area contributed by atoms with Crippen molar-refractivity contribution in [2.75, 3.05) is 4.72 Å². The fourth-order valence-corrected chi connectivity index (χ4v) is 4.93. The van der Waals surface area contributed by atoms with Crippen molar-refractivity contribution in [3.8, 4) is 16.9 Å². The van der Waals surface area contributed by atoms with Crippen molar-refractivity contribution in [3.63, 3.8) is 0 Å². The third-order valence-corrected chi connectivity index (χ3v) is 7.19. The highest BCUT2D eigenvalue weighted by molar-refractivity contribution is 7.93. The highest BCUT2D eigenvalue weighted by atomic mass is 32.2. The Morgan fingerprint density at radius 2 is 1.81 bits per heavy atom. The van der Waals surface area contributed by atoms with Crippen LogP contribution in [0.2, 0.25) is 0 Å². The van der Waals surface area contributed by atoms with Crippen molar-refractivity contribution in [1.29, 1.82) is 0 Å². The molecule has 1 N–H and O–H groups in total. The molecule has 2 aromatic carbocycles. The smallest absolute Gasteiger partial charge is 0.283 e. The third kappa shape index (κ3) is 3.72. The van der Waals surface area contributed by atoms with Gasteiger partial charge in [0.1, 0.15) is 5.69 Å². The summed E-state index contributed by atoms with van der Waals surface area (Å²) in [5.41, 5.74) is 1.97. The van der Waals surface area contributed by atoms with Gasteiger partial charge in [0.05, 0.1) is 28.2 Å². The van der Waals surface area contributed by atoms with E-state index in [4.69, 9.17) is 0 Å². The van der Waals surface area contributed by atoms with Gasteiger partial charge in [0.15, 0.2) is 0 Å². The number of anilines is 1. The number of halogens is 3. The summed E-state index contributed by atoms with van der Waals surface area (Å²) < 4.78 is 69.4. The van der Waals surface area contributed by atoms with Crippen molar-refractivity contribution in [2.45, 2.75) is 24.3 Å². The lowest BCUT2D eigenvalue weighted by Crippen LogP contribution is -2.17. The minimum Gasteiger partial charge on any atom is -0.283 e. The maximum absolute atomic E-state index is 13.0. The van der Waals surface area contributed by atoms with Crippen LogP contribution in [-0.4, -0.2) is 33.2 Å². The van der Waals surface area contributed by atoms with E-state index in [0.29, 0.717) is 46.4 Å². The van der Waals surface area contributed by atoms with Crippen LogP contribution >= 0.6 is 0 Å². The van der Waals surface area contributed by atoms with Crippen molar-refractivity contribution in [2.24, 2.45) is 7.05 Å². The van der Waals surface area contributed by atoms with Gasteiger partial charge in [-0.25, -0.2) is 13.1 Å². The number of hydrogen-bond donors (Lipinski definition) is 1. The molecule has 0 unspecified atom stereocenters. The molecule has 2 heterocycles. The summed E-state index contributed by atoms with van der Waals surface area (Å²) in [6, 6.07) is 9.72. The molecule has 5 rings (SSSR count). The average molecular weight is 461 g/mol. The Bertz CT molecular complexity index is 1420. The first kappa shape index (κ1) is 20.6. The molecular weight excluding hydrogens is 443 g/mol. The van der Waals surface area contributed by atoms with Crippen LogP contribution in [0, 0.1) is 0 Å². The second kappa shape index (κ2) is 7.09. The standard InChI is InChI=1S/C21H18F3N5O2S/c1-28-12-13(11-25-28)20-18-10-15(27-32(30,31)17-7-8-17)4-9-19(18)29(26-20)16-5-2-14(3-6-16)21(22,23)24/h2-6,9-12,17,27H,7-8H2,1H3. The molecule has 32 heavy (non-hydrogen) atoms. The van der Waals surface area contributed by atoms with Gasteiger partial charge in [-0.2, -0.15) is 23.4 Å². The van der Waals surface area contributed by atoms with Gasteiger partial charge in [0.25, 0.3) is 0 Å². The largest absolute Gasteiger partial charge is 0.416 e. The number of aryl methyl sites for hydroxylation is 1. The summed E-state index contributed by atoms with van der Waals surface area (Å²) in [5.74, 6) is 0. The van der Waals surface area contributed by atoms with Crippen molar-refractivity contribution >= 4 is 26.6 Å². The van der Waals surface area contributed by atoms with E-state index in [0.717, 1.165) is 12.1 Å². The molecule has 0 spiro atoms. The van der Waals surface area contributed by atoms with Crippen molar-refractivity contribution in [3.05, 3.63) is 60.4 Å². The molecule has 4 aromatic rings. The quantitative estimate of drug-likeness (QED) is 0.479. The zero-order valence-corrected chi connectivity index (χ0v) is 17.7. The van der Waals surface area contributed by atoms with Crippen LogP contribution in [0.5, 0.6) is 0 Å². The van der Waals surface area contributed by atoms with Crippen LogP contribution in [0.3, 0.4) is 0 Å². The lowest BCUT2D eigenvalue weighted by molar-refractivity contribution is -0.137. The van der Waals surface area contributed by atoms with Crippen LogP contribution < -0.4 is 4.72 Å². The number of nitrogens with one attached hydrogen (secondary N) is 1. The summed E-state index contributed by atoms with van der Waals surface area (Å²) >= 11 is 0. The fraction of sp³-hybridized carbons (Fsp3) is 0.238. The van der Waals surface area contributed by atoms with E-state index in [1.807, 2.05) is 0 Å². The molecule has 7 nitrogen and oxygen atoms in total. The molecule has 166 valence electrons. The molecule has 1 aliphatic carbocycles. The first-order valence-electron chi connectivity index (χ1n) is 9.83. The summed E-state index contributed by atoms with van der Waals surface area (Å²) in [6.45, 7) is 0. The van der Waals surface area contributed by atoms with Gasteiger partial charge >= 0.3 is 6.18 Å². The number of hydrogen-bond acceptors (Lipinski definition) is 4. The average Bonchev–Trinajstić information content (AvgIpc) is 3.42. The molecule has 0 radical (unpaired) electrons. The van der Waals surface area contributed by atoms with Crippen LogP contribution in [0.4, 0.5) is 18.9 Å². The molecule has 0 atom stereocenters. The summed E-state index contributed by atoms with van der Waals surface area (Å²) in [6.07, 6.45) is 0.244. The molecule has 1 saturated carbocycles. The Balaban J connectivity index is 1.63. The highest BCUT2D eigenvalue weighted by Crippen LogP contribution is 2.35. The molecule has 0 saturated heterocycles. The molecule has 11 heteroatoms. The first-order chi connectivity index (χ1) is 15.1. The van der Waals surface area contributed by atoms with Gasteiger partial charge in [0, 0.05) is 29.9 Å². The Morgan fingerprint density at radius 1 is 1.09 bits per heavy atom. The van der Waals surface area contributed by atoms with E-state index >= 15 is 0 Å². The van der Waals surface area contributed by atoms with E-state index in [1.54, 1.807) is 42.3 Å². The topological polar surface area (TPSA) is 81.8 Å². The Kier molecular flexibility index (Phi) is 4.55. The van der Waals surface area contributed by atoms with Gasteiger partial charge in [-0.15, -0.1) is 0 Å². The fourth-order valence-electron chi connectivity index (χ4n) is 3.55. The van der Waals surface area contributed by atoms with Crippen LogP contribution in [0.1, 0.15) is 18.4 Å². The number of aromatic nitrogens is 4. The summed E-state index contributed by atoms with van der Waals surface area (Å²) in [4.78, 5) is 0. The number of alkyl halides is 3. The van der Waals surface area contributed by atoms with Crippen LogP contribution in [0.15, 0.2) is 54.9 Å². The zero-order valence-electron chi connectivity index (χ0n) is 16.8. The summed E-state index contributed by atoms with van der Waals surface area (Å²) in [5, 5.41) is 9.07. The van der Waals surface area contributed by atoms with Crippen LogP contribution in [-0.2, 0) is 23.2 Å². The first-order valence-corrected chi connectivity index (χ1v) is 11.4. The van der Waals surface area contributed by atoms with Crippen molar-refractivity contribution < 1.29 is 21.6 Å². The predicted octanol–water partition coefficient (Wildman–Crippen LogP) is 4.35. The van der Waals surface area contributed by atoms with Crippen molar-refractivity contribution in [1.82, 2.24) is 19.6 Å². The normalized spacial score (nSPS) is 14.8. The molecule has 2 aromatic heterocycles. The second-order valence-electron chi connectivity index (χ2n) is 7.79. The third-order valence-electron chi connectivity index (χ3n) is 5.32. The van der Waals surface area contributed by atoms with E-state index in [2.05, 4.69) is 14.9 Å². The second-order valence-corrected chi connectivity index (χ2v) is 9.75. The molecule has 0 aliphatic heterocycles. The molecule has 1 fully saturated rings. The molecule has 1 aliphatic rings. The van der Waals surface area contributed by atoms with Gasteiger partial charge in [-0.05, 0) is 55.3 Å². The van der Waals surface area contributed by atoms with Gasteiger partial charge < -0.3 is 0 Å².